The number of rotatable bonds is 9. The molecular weight excluding hydrogens is 354 g/mol. The normalized spacial score (nSPS) is 15.8. The Morgan fingerprint density at radius 1 is 1.32 bits per heavy atom. The van der Waals surface area contributed by atoms with Gasteiger partial charge in [-0.1, -0.05) is 24.3 Å². The number of benzene rings is 1. The number of carbonyl (C=O) groups is 1. The summed E-state index contributed by atoms with van der Waals surface area (Å²) in [5.41, 5.74) is 1.16. The second-order valence-corrected chi connectivity index (χ2v) is 7.00. The van der Waals surface area contributed by atoms with Gasteiger partial charge in [0.05, 0.1) is 13.2 Å². The standard InChI is InChI=1S/C21H33N5O2/c1-5-12-22-21(24-16-20(27)25(2)3)23-15-18(26-13-8-9-14-26)17-10-6-7-11-19(17)28-4/h5-7,10-11,18H,1,8-9,12-16H2,2-4H3,(H2,22,23,24). The van der Waals surface area contributed by atoms with E-state index in [-0.39, 0.29) is 18.5 Å². The van der Waals surface area contributed by atoms with Gasteiger partial charge in [0.25, 0.3) is 0 Å². The lowest BCUT2D eigenvalue weighted by atomic mass is 10.0. The number of nitrogens with one attached hydrogen (secondary N) is 2. The van der Waals surface area contributed by atoms with E-state index in [4.69, 9.17) is 4.74 Å². The van der Waals surface area contributed by atoms with Crippen LogP contribution in [0.15, 0.2) is 41.9 Å². The van der Waals surface area contributed by atoms with E-state index < -0.39 is 0 Å². The Balaban J connectivity index is 2.15. The van der Waals surface area contributed by atoms with Gasteiger partial charge < -0.3 is 20.3 Å². The fourth-order valence-corrected chi connectivity index (χ4v) is 3.26. The molecule has 1 saturated heterocycles. The molecule has 0 spiro atoms. The lowest BCUT2D eigenvalue weighted by molar-refractivity contribution is -0.127. The molecular formula is C21H33N5O2. The van der Waals surface area contributed by atoms with Gasteiger partial charge in [-0.15, -0.1) is 6.58 Å². The Kier molecular flexibility index (Phi) is 8.81. The molecule has 1 atom stereocenters. The maximum atomic E-state index is 11.9. The van der Waals surface area contributed by atoms with Gasteiger partial charge in [0.2, 0.25) is 5.91 Å². The number of carbonyl (C=O) groups excluding carboxylic acids is 1. The molecule has 1 heterocycles. The van der Waals surface area contributed by atoms with Gasteiger partial charge in [-0.3, -0.25) is 9.69 Å². The summed E-state index contributed by atoms with van der Waals surface area (Å²) in [5, 5.41) is 6.59. The molecule has 1 aromatic rings. The van der Waals surface area contributed by atoms with Crippen molar-refractivity contribution < 1.29 is 9.53 Å². The fraction of sp³-hybridized carbons (Fsp3) is 0.524. The average Bonchev–Trinajstić information content (AvgIpc) is 3.24. The smallest absolute Gasteiger partial charge is 0.243 e. The summed E-state index contributed by atoms with van der Waals surface area (Å²) < 4.78 is 5.60. The minimum Gasteiger partial charge on any atom is -0.496 e. The molecule has 0 aliphatic carbocycles. The Hall–Kier alpha value is -2.54. The van der Waals surface area contributed by atoms with E-state index in [1.165, 1.54) is 17.7 Å². The molecule has 0 aromatic heterocycles. The molecule has 28 heavy (non-hydrogen) atoms. The van der Waals surface area contributed by atoms with E-state index in [0.29, 0.717) is 19.0 Å². The number of para-hydroxylation sites is 1. The van der Waals surface area contributed by atoms with E-state index in [1.54, 1.807) is 27.3 Å². The highest BCUT2D eigenvalue weighted by Crippen LogP contribution is 2.31. The molecule has 1 aliphatic rings. The lowest BCUT2D eigenvalue weighted by Gasteiger charge is -2.30. The summed E-state index contributed by atoms with van der Waals surface area (Å²) in [7, 11) is 5.17. The van der Waals surface area contributed by atoms with E-state index in [0.717, 1.165) is 24.4 Å². The van der Waals surface area contributed by atoms with Gasteiger partial charge in [-0.05, 0) is 32.0 Å². The van der Waals surface area contributed by atoms with Crippen molar-refractivity contribution in [2.24, 2.45) is 4.99 Å². The number of likely N-dealkylation sites (N-methyl/N-ethyl adjacent to an activating group) is 1. The number of aliphatic imine (C=N–C) groups is 1. The SMILES string of the molecule is C=CCNC(=NCC(=O)N(C)C)NCC(c1ccccc1OC)N1CCCC1. The first-order valence-electron chi connectivity index (χ1n) is 9.77. The number of methoxy groups -OCH3 is 1. The fourth-order valence-electron chi connectivity index (χ4n) is 3.26. The Bertz CT molecular complexity index is 669. The maximum Gasteiger partial charge on any atom is 0.243 e. The number of likely N-dealkylation sites (tertiary alicyclic amines) is 1. The molecule has 1 aliphatic heterocycles. The highest BCUT2D eigenvalue weighted by Gasteiger charge is 2.26. The third kappa shape index (κ3) is 6.27. The predicted molar refractivity (Wildman–Crippen MR) is 114 cm³/mol. The van der Waals surface area contributed by atoms with Gasteiger partial charge in [0.1, 0.15) is 12.3 Å². The Labute approximate surface area is 168 Å². The molecule has 7 nitrogen and oxygen atoms in total. The number of amides is 1. The van der Waals surface area contributed by atoms with Crippen LogP contribution in [0.5, 0.6) is 5.75 Å². The highest BCUT2D eigenvalue weighted by molar-refractivity contribution is 5.84. The zero-order chi connectivity index (χ0) is 20.4. The zero-order valence-electron chi connectivity index (χ0n) is 17.3. The van der Waals surface area contributed by atoms with Crippen molar-refractivity contribution in [2.45, 2.75) is 18.9 Å². The molecule has 0 radical (unpaired) electrons. The molecule has 154 valence electrons. The van der Waals surface area contributed by atoms with Gasteiger partial charge in [0.15, 0.2) is 5.96 Å². The molecule has 1 aromatic carbocycles. The van der Waals surface area contributed by atoms with Crippen LogP contribution in [0, 0.1) is 0 Å². The molecule has 1 unspecified atom stereocenters. The summed E-state index contributed by atoms with van der Waals surface area (Å²) in [6.45, 7) is 7.21. The third-order valence-electron chi connectivity index (χ3n) is 4.83. The molecule has 1 fully saturated rings. The number of nitrogens with zero attached hydrogens (tertiary/aromatic N) is 3. The van der Waals surface area contributed by atoms with E-state index >= 15 is 0 Å². The van der Waals surface area contributed by atoms with Crippen molar-refractivity contribution in [1.29, 1.82) is 0 Å². The van der Waals surface area contributed by atoms with Crippen LogP contribution in [-0.4, -0.2) is 75.6 Å². The number of hydrogen-bond acceptors (Lipinski definition) is 4. The summed E-state index contributed by atoms with van der Waals surface area (Å²) in [5.74, 6) is 1.45. The molecule has 0 saturated carbocycles. The molecule has 2 N–H and O–H groups in total. The predicted octanol–water partition coefficient (Wildman–Crippen LogP) is 1.64. The monoisotopic (exact) mass is 387 g/mol. The first kappa shape index (κ1) is 21.8. The first-order chi connectivity index (χ1) is 13.6. The Morgan fingerprint density at radius 2 is 2.04 bits per heavy atom. The summed E-state index contributed by atoms with van der Waals surface area (Å²) in [6.07, 6.45) is 4.18. The quantitative estimate of drug-likeness (QED) is 0.383. The van der Waals surface area contributed by atoms with Crippen LogP contribution in [0.1, 0.15) is 24.4 Å². The van der Waals surface area contributed by atoms with E-state index in [2.05, 4.69) is 33.2 Å². The molecule has 0 bridgehead atoms. The second-order valence-electron chi connectivity index (χ2n) is 7.00. The summed E-state index contributed by atoms with van der Waals surface area (Å²) in [4.78, 5) is 20.3. The highest BCUT2D eigenvalue weighted by atomic mass is 16.5. The zero-order valence-corrected chi connectivity index (χ0v) is 17.3. The van der Waals surface area contributed by atoms with Crippen molar-refractivity contribution >= 4 is 11.9 Å². The van der Waals surface area contributed by atoms with Crippen molar-refractivity contribution in [2.75, 3.05) is 53.9 Å². The van der Waals surface area contributed by atoms with Crippen molar-refractivity contribution in [3.8, 4) is 5.75 Å². The summed E-state index contributed by atoms with van der Waals surface area (Å²) in [6, 6.07) is 8.31. The molecule has 2 rings (SSSR count). The molecule has 1 amide bonds. The number of hydrogen-bond donors (Lipinski definition) is 2. The largest absolute Gasteiger partial charge is 0.496 e. The minimum atomic E-state index is -0.0412. The van der Waals surface area contributed by atoms with Crippen LogP contribution in [0.2, 0.25) is 0 Å². The van der Waals surface area contributed by atoms with Crippen LogP contribution in [0.4, 0.5) is 0 Å². The number of ether oxygens (including phenoxy) is 1. The second kappa shape index (κ2) is 11.3. The van der Waals surface area contributed by atoms with Gasteiger partial charge in [-0.25, -0.2) is 4.99 Å². The molecule has 7 heteroatoms. The van der Waals surface area contributed by atoms with Gasteiger partial charge in [0, 0.05) is 32.7 Å². The van der Waals surface area contributed by atoms with Crippen molar-refractivity contribution in [3.63, 3.8) is 0 Å². The first-order valence-corrected chi connectivity index (χ1v) is 9.77. The van der Waals surface area contributed by atoms with Gasteiger partial charge >= 0.3 is 0 Å². The topological polar surface area (TPSA) is 69.2 Å². The maximum absolute atomic E-state index is 11.9. The van der Waals surface area contributed by atoms with Gasteiger partial charge in [-0.2, -0.15) is 0 Å². The minimum absolute atomic E-state index is 0.0412. The van der Waals surface area contributed by atoms with Crippen LogP contribution in [-0.2, 0) is 4.79 Å². The van der Waals surface area contributed by atoms with Crippen LogP contribution >= 0.6 is 0 Å². The van der Waals surface area contributed by atoms with E-state index in [9.17, 15) is 4.79 Å². The van der Waals surface area contributed by atoms with Crippen molar-refractivity contribution in [3.05, 3.63) is 42.5 Å². The number of guanidine groups is 1. The third-order valence-corrected chi connectivity index (χ3v) is 4.83. The lowest BCUT2D eigenvalue weighted by Crippen LogP contribution is -2.43. The van der Waals surface area contributed by atoms with Crippen LogP contribution in [0.3, 0.4) is 0 Å². The van der Waals surface area contributed by atoms with Crippen molar-refractivity contribution in [1.82, 2.24) is 20.4 Å². The average molecular weight is 388 g/mol. The summed E-state index contributed by atoms with van der Waals surface area (Å²) >= 11 is 0. The van der Waals surface area contributed by atoms with Crippen LogP contribution in [0.25, 0.3) is 0 Å². The van der Waals surface area contributed by atoms with E-state index in [1.807, 2.05) is 18.2 Å². The Morgan fingerprint density at radius 3 is 2.68 bits per heavy atom. The van der Waals surface area contributed by atoms with Crippen LogP contribution < -0.4 is 15.4 Å².